The first-order valence-electron chi connectivity index (χ1n) is 12.8. The molecule has 9 nitrogen and oxygen atoms in total. The molecule has 2 amide bonds. The summed E-state index contributed by atoms with van der Waals surface area (Å²) in [6, 6.07) is 5.22. The molecular weight excluding hydrogens is 489 g/mol. The van der Waals surface area contributed by atoms with Gasteiger partial charge in [0, 0.05) is 43.7 Å². The molecule has 1 saturated carbocycles. The number of alkyl halides is 3. The van der Waals surface area contributed by atoms with Crippen LogP contribution < -0.4 is 15.5 Å². The maximum absolute atomic E-state index is 12.8. The molecule has 1 aliphatic carbocycles. The molecule has 12 heteroatoms. The number of nitrogens with zero attached hydrogens (tertiary/aromatic N) is 4. The third-order valence-electron chi connectivity index (χ3n) is 7.52. The lowest BCUT2D eigenvalue weighted by molar-refractivity contribution is -0.137. The number of benzene rings is 1. The Labute approximate surface area is 212 Å². The number of amides is 2. The minimum atomic E-state index is -4.53. The van der Waals surface area contributed by atoms with Crippen LogP contribution in [0.15, 0.2) is 28.8 Å². The van der Waals surface area contributed by atoms with Gasteiger partial charge in [-0.05, 0) is 56.7 Å². The third-order valence-corrected chi connectivity index (χ3v) is 7.52. The molecule has 1 aromatic carbocycles. The van der Waals surface area contributed by atoms with E-state index in [4.69, 9.17) is 4.52 Å². The Kier molecular flexibility index (Phi) is 7.36. The fourth-order valence-corrected chi connectivity index (χ4v) is 5.41. The average molecular weight is 521 g/mol. The van der Waals surface area contributed by atoms with E-state index in [1.807, 2.05) is 0 Å². The fourth-order valence-electron chi connectivity index (χ4n) is 5.41. The van der Waals surface area contributed by atoms with Crippen LogP contribution in [0.3, 0.4) is 0 Å². The van der Waals surface area contributed by atoms with Gasteiger partial charge >= 0.3 is 12.2 Å². The van der Waals surface area contributed by atoms with Crippen LogP contribution in [0.4, 0.5) is 19.2 Å². The van der Waals surface area contributed by atoms with Gasteiger partial charge in [-0.2, -0.15) is 18.2 Å². The van der Waals surface area contributed by atoms with Crippen molar-refractivity contribution in [2.75, 3.05) is 37.6 Å². The second kappa shape index (κ2) is 10.7. The van der Waals surface area contributed by atoms with Crippen molar-refractivity contribution in [3.05, 3.63) is 41.2 Å². The van der Waals surface area contributed by atoms with E-state index in [9.17, 15) is 22.8 Å². The number of anilines is 1. The zero-order valence-corrected chi connectivity index (χ0v) is 20.5. The van der Waals surface area contributed by atoms with Gasteiger partial charge in [-0.15, -0.1) is 0 Å². The third kappa shape index (κ3) is 6.06. The normalized spacial score (nSPS) is 23.1. The van der Waals surface area contributed by atoms with Crippen LogP contribution in [0.25, 0.3) is 0 Å². The van der Waals surface area contributed by atoms with E-state index in [1.54, 1.807) is 0 Å². The molecule has 0 radical (unpaired) electrons. The molecule has 3 aliphatic rings. The molecule has 2 N–H and O–H groups in total. The van der Waals surface area contributed by atoms with E-state index >= 15 is 0 Å². The van der Waals surface area contributed by atoms with Gasteiger partial charge in [-0.1, -0.05) is 11.2 Å². The predicted octanol–water partition coefficient (Wildman–Crippen LogP) is 2.95. The molecule has 5 rings (SSSR count). The Morgan fingerprint density at radius 2 is 1.81 bits per heavy atom. The maximum atomic E-state index is 12.8. The van der Waals surface area contributed by atoms with Crippen LogP contribution in [0.2, 0.25) is 0 Å². The molecule has 3 heterocycles. The molecule has 1 aromatic heterocycles. The van der Waals surface area contributed by atoms with Crippen molar-refractivity contribution in [1.82, 2.24) is 25.7 Å². The molecule has 0 unspecified atom stereocenters. The van der Waals surface area contributed by atoms with Gasteiger partial charge in [-0.25, -0.2) is 0 Å². The molecule has 2 aliphatic heterocycles. The lowest BCUT2D eigenvalue weighted by Crippen LogP contribution is -2.63. The highest BCUT2D eigenvalue weighted by Crippen LogP contribution is 2.35. The summed E-state index contributed by atoms with van der Waals surface area (Å²) in [4.78, 5) is 33.5. The van der Waals surface area contributed by atoms with Crippen LogP contribution in [0, 0.1) is 0 Å². The fraction of sp³-hybridized carbons (Fsp3) is 0.600. The SMILES string of the molecule is O=C(CNC(=O)c1cccc(C(F)(F)F)c1)NC1CN([C@H]2CC[C@@H](c3noc(N4CCCC4)n3)CC2)C1. The highest BCUT2D eigenvalue weighted by molar-refractivity contribution is 5.96. The van der Waals surface area contributed by atoms with Crippen LogP contribution >= 0.6 is 0 Å². The number of carbonyl (C=O) groups is 2. The van der Waals surface area contributed by atoms with Crippen molar-refractivity contribution in [3.8, 4) is 0 Å². The van der Waals surface area contributed by atoms with Gasteiger partial charge < -0.3 is 20.1 Å². The first-order valence-corrected chi connectivity index (χ1v) is 12.8. The number of rotatable bonds is 7. The standard InChI is InChI=1S/C25H31F3N6O3/c26-25(27,28)18-5-3-4-17(12-18)23(36)29-13-21(35)30-19-14-34(15-19)20-8-6-16(7-9-20)22-31-24(37-32-22)33-10-1-2-11-33/h3-5,12,16,19-20H,1-2,6-11,13-15H2,(H,29,36)(H,30,35)/t16-,20+. The topological polar surface area (TPSA) is 104 Å². The van der Waals surface area contributed by atoms with E-state index in [0.717, 1.165) is 82.7 Å². The average Bonchev–Trinajstić information content (AvgIpc) is 3.57. The number of nitrogens with one attached hydrogen (secondary N) is 2. The smallest absolute Gasteiger partial charge is 0.349 e. The van der Waals surface area contributed by atoms with Crippen molar-refractivity contribution in [3.63, 3.8) is 0 Å². The van der Waals surface area contributed by atoms with Crippen molar-refractivity contribution >= 4 is 17.8 Å². The zero-order chi connectivity index (χ0) is 26.0. The van der Waals surface area contributed by atoms with E-state index in [1.165, 1.54) is 12.1 Å². The van der Waals surface area contributed by atoms with Gasteiger partial charge in [0.2, 0.25) is 5.91 Å². The number of likely N-dealkylation sites (tertiary alicyclic amines) is 1. The summed E-state index contributed by atoms with van der Waals surface area (Å²) in [5.41, 5.74) is -1.04. The molecule has 2 saturated heterocycles. The number of carbonyl (C=O) groups excluding carboxylic acids is 2. The van der Waals surface area contributed by atoms with Crippen LogP contribution in [0.5, 0.6) is 0 Å². The van der Waals surface area contributed by atoms with Crippen molar-refractivity contribution in [1.29, 1.82) is 0 Å². The highest BCUT2D eigenvalue weighted by atomic mass is 19.4. The molecule has 0 spiro atoms. The first-order chi connectivity index (χ1) is 17.8. The Morgan fingerprint density at radius 3 is 2.51 bits per heavy atom. The van der Waals surface area contributed by atoms with Crippen LogP contribution in [-0.4, -0.2) is 71.7 Å². The summed E-state index contributed by atoms with van der Waals surface area (Å²) in [5.74, 6) is 0.0387. The van der Waals surface area contributed by atoms with Crippen molar-refractivity contribution in [2.24, 2.45) is 0 Å². The number of hydrogen-bond donors (Lipinski definition) is 2. The van der Waals surface area contributed by atoms with E-state index in [-0.39, 0.29) is 24.1 Å². The molecular formula is C25H31F3N6O3. The van der Waals surface area contributed by atoms with Crippen molar-refractivity contribution < 1.29 is 27.3 Å². The minimum Gasteiger partial charge on any atom is -0.349 e. The Hall–Kier alpha value is -3.15. The van der Waals surface area contributed by atoms with Gasteiger partial charge in [0.15, 0.2) is 5.82 Å². The molecule has 0 bridgehead atoms. The van der Waals surface area contributed by atoms with Gasteiger partial charge in [-0.3, -0.25) is 14.5 Å². The number of hydrogen-bond acceptors (Lipinski definition) is 7. The van der Waals surface area contributed by atoms with Crippen LogP contribution in [0.1, 0.15) is 66.2 Å². The van der Waals surface area contributed by atoms with Crippen LogP contribution in [-0.2, 0) is 11.0 Å². The minimum absolute atomic E-state index is 0.00379. The second-order valence-corrected chi connectivity index (χ2v) is 10.1. The summed E-state index contributed by atoms with van der Waals surface area (Å²) in [6.07, 6.45) is 1.85. The van der Waals surface area contributed by atoms with Gasteiger partial charge in [0.05, 0.1) is 18.2 Å². The maximum Gasteiger partial charge on any atom is 0.416 e. The van der Waals surface area contributed by atoms with E-state index < -0.39 is 17.6 Å². The first kappa shape index (κ1) is 25.5. The summed E-state index contributed by atoms with van der Waals surface area (Å²) < 4.78 is 44.0. The predicted molar refractivity (Wildman–Crippen MR) is 128 cm³/mol. The summed E-state index contributed by atoms with van der Waals surface area (Å²) in [5, 5.41) is 9.50. The molecule has 200 valence electrons. The Bertz CT molecular complexity index is 1100. The lowest BCUT2D eigenvalue weighted by atomic mass is 9.83. The molecule has 0 atom stereocenters. The second-order valence-electron chi connectivity index (χ2n) is 10.1. The van der Waals surface area contributed by atoms with Gasteiger partial charge in [0.1, 0.15) is 0 Å². The zero-order valence-electron chi connectivity index (χ0n) is 20.5. The molecule has 3 fully saturated rings. The summed E-state index contributed by atoms with van der Waals surface area (Å²) >= 11 is 0. The monoisotopic (exact) mass is 520 g/mol. The summed E-state index contributed by atoms with van der Waals surface area (Å²) in [6.45, 7) is 3.14. The van der Waals surface area contributed by atoms with E-state index in [0.29, 0.717) is 18.0 Å². The number of halogens is 3. The van der Waals surface area contributed by atoms with E-state index in [2.05, 4.69) is 30.6 Å². The number of aromatic nitrogens is 2. The summed E-state index contributed by atoms with van der Waals surface area (Å²) in [7, 11) is 0. The molecule has 37 heavy (non-hydrogen) atoms. The Balaban J connectivity index is 1.00. The van der Waals surface area contributed by atoms with Gasteiger partial charge in [0.25, 0.3) is 5.91 Å². The molecule has 2 aromatic rings. The lowest BCUT2D eigenvalue weighted by Gasteiger charge is -2.46. The van der Waals surface area contributed by atoms with Crippen molar-refractivity contribution in [2.45, 2.75) is 62.7 Å². The largest absolute Gasteiger partial charge is 0.416 e. The highest BCUT2D eigenvalue weighted by Gasteiger charge is 2.36. The quantitative estimate of drug-likeness (QED) is 0.579. The Morgan fingerprint density at radius 1 is 1.08 bits per heavy atom.